The number of nitrogens with one attached hydrogen (secondary N) is 1. The highest BCUT2D eigenvalue weighted by molar-refractivity contribution is 14.1. The Labute approximate surface area is 123 Å². The Morgan fingerprint density at radius 2 is 1.76 bits per heavy atom. The van der Waals surface area contributed by atoms with E-state index in [4.69, 9.17) is 28.9 Å². The Morgan fingerprint density at radius 1 is 1.00 bits per heavy atom. The van der Waals surface area contributed by atoms with E-state index in [1.807, 2.05) is 30.3 Å². The fourth-order valence-electron chi connectivity index (χ4n) is 1.38. The van der Waals surface area contributed by atoms with Gasteiger partial charge in [-0.3, -0.25) is 0 Å². The van der Waals surface area contributed by atoms with E-state index in [0.717, 1.165) is 14.9 Å². The zero-order valence-corrected chi connectivity index (χ0v) is 12.3. The number of hydrogen-bond donors (Lipinski definition) is 2. The number of benzene rings is 2. The molecule has 0 aliphatic heterocycles. The molecule has 5 heteroatoms. The van der Waals surface area contributed by atoms with Gasteiger partial charge in [-0.1, -0.05) is 29.3 Å². The van der Waals surface area contributed by atoms with Gasteiger partial charge in [-0.25, -0.2) is 0 Å². The van der Waals surface area contributed by atoms with Crippen molar-refractivity contribution >= 4 is 62.9 Å². The van der Waals surface area contributed by atoms with Gasteiger partial charge >= 0.3 is 0 Å². The molecule has 2 nitrogen and oxygen atoms in total. The maximum absolute atomic E-state index is 6.10. The van der Waals surface area contributed by atoms with Crippen LogP contribution in [-0.2, 0) is 0 Å². The molecule has 2 aromatic carbocycles. The summed E-state index contributed by atoms with van der Waals surface area (Å²) in [6, 6.07) is 11.2. The Morgan fingerprint density at radius 3 is 2.53 bits per heavy atom. The number of para-hydroxylation sites is 1. The lowest BCUT2D eigenvalue weighted by Crippen LogP contribution is -1.97. The molecule has 0 fully saturated rings. The minimum atomic E-state index is 0.518. The molecular formula is C12H9Cl2IN2. The van der Waals surface area contributed by atoms with Crippen LogP contribution in [0.5, 0.6) is 0 Å². The molecular weight excluding hydrogens is 370 g/mol. The van der Waals surface area contributed by atoms with E-state index in [-0.39, 0.29) is 0 Å². The fourth-order valence-corrected chi connectivity index (χ4v) is 2.21. The molecule has 17 heavy (non-hydrogen) atoms. The average molecular weight is 379 g/mol. The van der Waals surface area contributed by atoms with E-state index in [0.29, 0.717) is 15.7 Å². The van der Waals surface area contributed by atoms with Gasteiger partial charge in [0, 0.05) is 3.57 Å². The van der Waals surface area contributed by atoms with Gasteiger partial charge in [0.25, 0.3) is 0 Å². The summed E-state index contributed by atoms with van der Waals surface area (Å²) in [6.45, 7) is 0. The van der Waals surface area contributed by atoms with Crippen LogP contribution in [0.1, 0.15) is 0 Å². The largest absolute Gasteiger partial charge is 0.396 e. The van der Waals surface area contributed by atoms with E-state index in [9.17, 15) is 0 Å². The molecule has 88 valence electrons. The monoisotopic (exact) mass is 378 g/mol. The van der Waals surface area contributed by atoms with E-state index in [2.05, 4.69) is 27.9 Å². The van der Waals surface area contributed by atoms with Gasteiger partial charge in [-0.2, -0.15) is 0 Å². The summed E-state index contributed by atoms with van der Waals surface area (Å²) in [7, 11) is 0. The van der Waals surface area contributed by atoms with Crippen LogP contribution in [0, 0.1) is 3.57 Å². The molecule has 0 spiro atoms. The molecule has 0 saturated carbocycles. The van der Waals surface area contributed by atoms with Gasteiger partial charge in [0.2, 0.25) is 0 Å². The Hall–Kier alpha value is -0.650. The van der Waals surface area contributed by atoms with Gasteiger partial charge < -0.3 is 11.1 Å². The van der Waals surface area contributed by atoms with Gasteiger partial charge in [-0.05, 0) is 52.9 Å². The summed E-state index contributed by atoms with van der Waals surface area (Å²) in [6.07, 6.45) is 0. The third-order valence-electron chi connectivity index (χ3n) is 2.25. The lowest BCUT2D eigenvalue weighted by molar-refractivity contribution is 1.53. The highest BCUT2D eigenvalue weighted by atomic mass is 127. The van der Waals surface area contributed by atoms with Crippen LogP contribution in [-0.4, -0.2) is 0 Å². The minimum Gasteiger partial charge on any atom is -0.396 e. The van der Waals surface area contributed by atoms with Crippen LogP contribution in [0.2, 0.25) is 10.0 Å². The van der Waals surface area contributed by atoms with Crippen LogP contribution in [0.15, 0.2) is 36.4 Å². The second-order valence-corrected chi connectivity index (χ2v) is 5.51. The molecule has 2 aromatic rings. The van der Waals surface area contributed by atoms with Crippen molar-refractivity contribution in [3.8, 4) is 0 Å². The molecule has 0 amide bonds. The van der Waals surface area contributed by atoms with Crippen molar-refractivity contribution in [2.24, 2.45) is 0 Å². The Bertz CT molecular complexity index is 558. The minimum absolute atomic E-state index is 0.518. The van der Waals surface area contributed by atoms with Crippen LogP contribution in [0.4, 0.5) is 17.1 Å². The van der Waals surface area contributed by atoms with Crippen molar-refractivity contribution in [1.29, 1.82) is 0 Å². The molecule has 0 aliphatic carbocycles. The maximum Gasteiger partial charge on any atom is 0.0742 e. The van der Waals surface area contributed by atoms with Crippen molar-refractivity contribution in [3.63, 3.8) is 0 Å². The smallest absolute Gasteiger partial charge is 0.0742 e. The first-order chi connectivity index (χ1) is 8.08. The van der Waals surface area contributed by atoms with Crippen molar-refractivity contribution in [1.82, 2.24) is 0 Å². The summed E-state index contributed by atoms with van der Waals surface area (Å²) >= 11 is 14.3. The quantitative estimate of drug-likeness (QED) is 0.574. The van der Waals surface area contributed by atoms with Crippen LogP contribution in [0.3, 0.4) is 0 Å². The first-order valence-corrected chi connectivity index (χ1v) is 6.67. The molecule has 0 radical (unpaired) electrons. The molecule has 0 aromatic heterocycles. The lowest BCUT2D eigenvalue weighted by Gasteiger charge is -2.12. The van der Waals surface area contributed by atoms with Gasteiger partial charge in [0.05, 0.1) is 27.1 Å². The maximum atomic E-state index is 6.10. The predicted octanol–water partition coefficient (Wildman–Crippen LogP) is 4.92. The Balaban J connectivity index is 2.38. The van der Waals surface area contributed by atoms with Crippen molar-refractivity contribution < 1.29 is 0 Å². The molecule has 2 rings (SSSR count). The SMILES string of the molecule is Nc1c(Cl)cccc1Nc1cc(I)ccc1Cl. The van der Waals surface area contributed by atoms with Crippen LogP contribution < -0.4 is 11.1 Å². The van der Waals surface area contributed by atoms with Crippen LogP contribution in [0.25, 0.3) is 0 Å². The number of hydrogen-bond acceptors (Lipinski definition) is 2. The highest BCUT2D eigenvalue weighted by Gasteiger charge is 2.06. The van der Waals surface area contributed by atoms with E-state index in [1.165, 1.54) is 0 Å². The van der Waals surface area contributed by atoms with E-state index in [1.54, 1.807) is 6.07 Å². The second kappa shape index (κ2) is 5.33. The molecule has 0 heterocycles. The van der Waals surface area contributed by atoms with Gasteiger partial charge in [0.15, 0.2) is 0 Å². The molecule has 3 N–H and O–H groups in total. The standard InChI is InChI=1S/C12H9Cl2IN2/c13-8-5-4-7(15)6-11(8)17-10-3-1-2-9(14)12(10)16/h1-6,17H,16H2. The van der Waals surface area contributed by atoms with E-state index >= 15 is 0 Å². The number of nitrogens with two attached hydrogens (primary N) is 1. The third-order valence-corrected chi connectivity index (χ3v) is 3.58. The molecule has 0 bridgehead atoms. The number of rotatable bonds is 2. The number of halogens is 3. The lowest BCUT2D eigenvalue weighted by atomic mass is 10.2. The van der Waals surface area contributed by atoms with Crippen molar-refractivity contribution in [2.45, 2.75) is 0 Å². The van der Waals surface area contributed by atoms with E-state index < -0.39 is 0 Å². The molecule has 0 aliphatic rings. The van der Waals surface area contributed by atoms with Gasteiger partial charge in [-0.15, -0.1) is 0 Å². The Kier molecular flexibility index (Phi) is 4.01. The topological polar surface area (TPSA) is 38.0 Å². The normalized spacial score (nSPS) is 10.3. The van der Waals surface area contributed by atoms with Crippen molar-refractivity contribution in [2.75, 3.05) is 11.1 Å². The summed E-state index contributed by atoms with van der Waals surface area (Å²) < 4.78 is 1.09. The third kappa shape index (κ3) is 2.97. The zero-order valence-electron chi connectivity index (χ0n) is 8.68. The number of anilines is 3. The molecule has 0 unspecified atom stereocenters. The zero-order chi connectivity index (χ0) is 12.4. The fraction of sp³-hybridized carbons (Fsp3) is 0. The number of nitrogen functional groups attached to an aromatic ring is 1. The summed E-state index contributed by atoms with van der Waals surface area (Å²) in [4.78, 5) is 0. The van der Waals surface area contributed by atoms with Gasteiger partial charge in [0.1, 0.15) is 0 Å². The average Bonchev–Trinajstić information content (AvgIpc) is 2.30. The molecule has 0 atom stereocenters. The summed E-state index contributed by atoms with van der Waals surface area (Å²) in [5.41, 5.74) is 7.96. The second-order valence-electron chi connectivity index (χ2n) is 3.45. The molecule has 0 saturated heterocycles. The summed E-state index contributed by atoms with van der Waals surface area (Å²) in [5.74, 6) is 0. The first-order valence-electron chi connectivity index (χ1n) is 4.84. The van der Waals surface area contributed by atoms with Crippen molar-refractivity contribution in [3.05, 3.63) is 50.0 Å². The summed E-state index contributed by atoms with van der Waals surface area (Å²) in [5, 5.41) is 4.34. The predicted molar refractivity (Wildman–Crippen MR) is 83.3 cm³/mol. The first kappa shape index (κ1) is 12.8. The highest BCUT2D eigenvalue weighted by Crippen LogP contribution is 2.32. The van der Waals surface area contributed by atoms with Crippen LogP contribution >= 0.6 is 45.8 Å².